The third-order valence-electron chi connectivity index (χ3n) is 3.51. The molecule has 2 atom stereocenters. The average Bonchev–Trinajstić information content (AvgIpc) is 2.94. The largest absolute Gasteiger partial charge is 0.413 e. The van der Waals surface area contributed by atoms with Gasteiger partial charge in [0.05, 0.1) is 0 Å². The van der Waals surface area contributed by atoms with Crippen LogP contribution < -0.4 is 0 Å². The molecule has 0 N–H and O–H groups in total. The summed E-state index contributed by atoms with van der Waals surface area (Å²) in [4.78, 5) is 4.33. The van der Waals surface area contributed by atoms with Crippen molar-refractivity contribution in [1.82, 2.24) is 20.3 Å². The van der Waals surface area contributed by atoms with Gasteiger partial charge in [-0.2, -0.15) is 4.98 Å². The van der Waals surface area contributed by atoms with Crippen molar-refractivity contribution in [3.8, 4) is 23.2 Å². The summed E-state index contributed by atoms with van der Waals surface area (Å²) in [6, 6.07) is 9.58. The summed E-state index contributed by atoms with van der Waals surface area (Å²) < 4.78 is 10.8. The van der Waals surface area contributed by atoms with Gasteiger partial charge < -0.3 is 8.94 Å². The lowest BCUT2D eigenvalue weighted by molar-refractivity contribution is 0.375. The molecule has 0 saturated heterocycles. The maximum absolute atomic E-state index is 5.59. The highest BCUT2D eigenvalue weighted by Crippen LogP contribution is 2.46. The maximum atomic E-state index is 5.59. The van der Waals surface area contributed by atoms with E-state index in [2.05, 4.69) is 27.3 Å². The second kappa shape index (κ2) is 4.26. The van der Waals surface area contributed by atoms with Crippen molar-refractivity contribution in [2.24, 2.45) is 5.92 Å². The van der Waals surface area contributed by atoms with Crippen molar-refractivity contribution in [2.45, 2.75) is 19.3 Å². The fourth-order valence-electron chi connectivity index (χ4n) is 2.15. The Morgan fingerprint density at radius 3 is 2.60 bits per heavy atom. The predicted molar refractivity (Wildman–Crippen MR) is 69.5 cm³/mol. The van der Waals surface area contributed by atoms with Crippen molar-refractivity contribution in [3.05, 3.63) is 36.2 Å². The molecule has 2 aromatic heterocycles. The van der Waals surface area contributed by atoms with Crippen LogP contribution in [0.3, 0.4) is 0 Å². The zero-order valence-corrected chi connectivity index (χ0v) is 10.9. The Morgan fingerprint density at radius 1 is 1.10 bits per heavy atom. The highest BCUT2D eigenvalue weighted by molar-refractivity contribution is 5.54. The second-order valence-electron chi connectivity index (χ2n) is 5.05. The van der Waals surface area contributed by atoms with Gasteiger partial charge in [0.2, 0.25) is 11.8 Å². The summed E-state index contributed by atoms with van der Waals surface area (Å²) in [7, 11) is 0. The molecule has 1 aliphatic carbocycles. The van der Waals surface area contributed by atoms with Gasteiger partial charge in [-0.3, -0.25) is 0 Å². The molecular formula is C14H12N4O2. The second-order valence-corrected chi connectivity index (χ2v) is 5.05. The molecule has 1 aromatic carbocycles. The van der Waals surface area contributed by atoms with Crippen LogP contribution in [0, 0.1) is 5.92 Å². The normalized spacial score (nSPS) is 21.1. The van der Waals surface area contributed by atoms with E-state index < -0.39 is 0 Å². The Kier molecular flexibility index (Phi) is 2.42. The van der Waals surface area contributed by atoms with Gasteiger partial charge in [0.15, 0.2) is 0 Å². The molecule has 0 amide bonds. The van der Waals surface area contributed by atoms with E-state index >= 15 is 0 Å². The maximum Gasteiger partial charge on any atom is 0.289 e. The minimum atomic E-state index is 0.284. The van der Waals surface area contributed by atoms with Crippen LogP contribution in [0.1, 0.15) is 25.2 Å². The van der Waals surface area contributed by atoms with E-state index in [9.17, 15) is 0 Å². The van der Waals surface area contributed by atoms with Gasteiger partial charge in [0, 0.05) is 11.5 Å². The van der Waals surface area contributed by atoms with E-state index in [0.29, 0.717) is 29.4 Å². The Balaban J connectivity index is 1.63. The molecule has 20 heavy (non-hydrogen) atoms. The van der Waals surface area contributed by atoms with Crippen molar-refractivity contribution >= 4 is 0 Å². The lowest BCUT2D eigenvalue weighted by atomic mass is 10.2. The zero-order valence-electron chi connectivity index (χ0n) is 10.9. The van der Waals surface area contributed by atoms with E-state index in [4.69, 9.17) is 8.94 Å². The van der Waals surface area contributed by atoms with Crippen molar-refractivity contribution in [1.29, 1.82) is 0 Å². The molecule has 2 unspecified atom stereocenters. The number of rotatable bonds is 3. The minimum Gasteiger partial charge on any atom is -0.413 e. The first-order chi connectivity index (χ1) is 9.81. The molecule has 6 nitrogen and oxygen atoms in total. The number of hydrogen-bond donors (Lipinski definition) is 0. The molecule has 1 fully saturated rings. The molecule has 1 aliphatic rings. The lowest BCUT2D eigenvalue weighted by Crippen LogP contribution is -1.83. The topological polar surface area (TPSA) is 77.8 Å². The first-order valence-electron chi connectivity index (χ1n) is 6.54. The lowest BCUT2D eigenvalue weighted by Gasteiger charge is -1.90. The van der Waals surface area contributed by atoms with Gasteiger partial charge in [0.25, 0.3) is 11.7 Å². The monoisotopic (exact) mass is 268 g/mol. The third-order valence-corrected chi connectivity index (χ3v) is 3.51. The van der Waals surface area contributed by atoms with E-state index in [1.807, 2.05) is 30.3 Å². The molecule has 0 spiro atoms. The minimum absolute atomic E-state index is 0.284. The van der Waals surface area contributed by atoms with Gasteiger partial charge in [-0.15, -0.1) is 10.2 Å². The molecule has 1 saturated carbocycles. The average molecular weight is 268 g/mol. The Labute approximate surface area is 114 Å². The highest BCUT2D eigenvalue weighted by atomic mass is 16.5. The van der Waals surface area contributed by atoms with Crippen LogP contribution in [-0.4, -0.2) is 20.3 Å². The van der Waals surface area contributed by atoms with Crippen molar-refractivity contribution < 1.29 is 8.94 Å². The van der Waals surface area contributed by atoms with Gasteiger partial charge in [-0.05, 0) is 24.5 Å². The van der Waals surface area contributed by atoms with Crippen molar-refractivity contribution in [2.75, 3.05) is 0 Å². The fourth-order valence-corrected chi connectivity index (χ4v) is 2.15. The Bertz CT molecular complexity index is 734. The van der Waals surface area contributed by atoms with Gasteiger partial charge in [-0.25, -0.2) is 0 Å². The van der Waals surface area contributed by atoms with Gasteiger partial charge in [-0.1, -0.05) is 30.3 Å². The summed E-state index contributed by atoms with van der Waals surface area (Å²) >= 11 is 0. The molecule has 4 rings (SSSR count). The van der Waals surface area contributed by atoms with E-state index in [0.717, 1.165) is 12.0 Å². The summed E-state index contributed by atoms with van der Waals surface area (Å²) in [6.07, 6.45) is 1.10. The number of nitrogens with zero attached hydrogens (tertiary/aromatic N) is 4. The number of benzene rings is 1. The smallest absolute Gasteiger partial charge is 0.289 e. The molecule has 100 valence electrons. The third kappa shape index (κ3) is 1.89. The van der Waals surface area contributed by atoms with Crippen LogP contribution in [0.4, 0.5) is 0 Å². The molecule has 0 bridgehead atoms. The molecule has 0 radical (unpaired) electrons. The van der Waals surface area contributed by atoms with E-state index in [1.54, 1.807) is 0 Å². The number of hydrogen-bond acceptors (Lipinski definition) is 6. The van der Waals surface area contributed by atoms with Crippen LogP contribution in [0.25, 0.3) is 23.2 Å². The van der Waals surface area contributed by atoms with Crippen LogP contribution >= 0.6 is 0 Å². The molecule has 2 heterocycles. The van der Waals surface area contributed by atoms with Crippen LogP contribution in [-0.2, 0) is 0 Å². The zero-order chi connectivity index (χ0) is 13.5. The van der Waals surface area contributed by atoms with E-state index in [-0.39, 0.29) is 5.89 Å². The van der Waals surface area contributed by atoms with Crippen molar-refractivity contribution in [3.63, 3.8) is 0 Å². The SMILES string of the molecule is CC1CC1c1nc(-c2nnc(-c3ccccc3)o2)no1. The summed E-state index contributed by atoms with van der Waals surface area (Å²) in [5.74, 6) is 2.75. The van der Waals surface area contributed by atoms with Crippen LogP contribution in [0.2, 0.25) is 0 Å². The fraction of sp³-hybridized carbons (Fsp3) is 0.286. The molecule has 3 aromatic rings. The number of aromatic nitrogens is 4. The highest BCUT2D eigenvalue weighted by Gasteiger charge is 2.39. The Morgan fingerprint density at radius 2 is 1.85 bits per heavy atom. The van der Waals surface area contributed by atoms with Crippen LogP contribution in [0.5, 0.6) is 0 Å². The standard InChI is InChI=1S/C14H12N4O2/c1-8-7-10(8)13-15-11(18-20-13)14-17-16-12(19-14)9-5-3-2-4-6-9/h2-6,8,10H,7H2,1H3. The molecular weight excluding hydrogens is 256 g/mol. The van der Waals surface area contributed by atoms with Gasteiger partial charge in [0.1, 0.15) is 0 Å². The summed E-state index contributed by atoms with van der Waals surface area (Å²) in [5, 5.41) is 11.9. The summed E-state index contributed by atoms with van der Waals surface area (Å²) in [6.45, 7) is 2.16. The first-order valence-corrected chi connectivity index (χ1v) is 6.54. The molecule has 6 heteroatoms. The van der Waals surface area contributed by atoms with E-state index in [1.165, 1.54) is 0 Å². The van der Waals surface area contributed by atoms with Gasteiger partial charge >= 0.3 is 0 Å². The first kappa shape index (κ1) is 11.3. The van der Waals surface area contributed by atoms with Crippen LogP contribution in [0.15, 0.2) is 39.3 Å². The summed E-state index contributed by atoms with van der Waals surface area (Å²) in [5.41, 5.74) is 0.866. The predicted octanol–water partition coefficient (Wildman–Crippen LogP) is 2.91. The quantitative estimate of drug-likeness (QED) is 0.726. The molecule has 0 aliphatic heterocycles. The Hall–Kier alpha value is -2.50.